The number of aliphatic imine (C=N–C) groups is 1. The molecule has 0 fully saturated rings. The summed E-state index contributed by atoms with van der Waals surface area (Å²) >= 11 is 0. The summed E-state index contributed by atoms with van der Waals surface area (Å²) in [4.78, 5) is 15.4. The van der Waals surface area contributed by atoms with E-state index in [4.69, 9.17) is 10.5 Å². The predicted molar refractivity (Wildman–Crippen MR) is 98.6 cm³/mol. The van der Waals surface area contributed by atoms with Crippen molar-refractivity contribution in [2.24, 2.45) is 10.7 Å². The number of carbonyl (C=O) groups is 1. The number of hydrogen-bond donors (Lipinski definition) is 2. The van der Waals surface area contributed by atoms with Crippen molar-refractivity contribution in [2.75, 3.05) is 20.3 Å². The second-order valence-electron chi connectivity index (χ2n) is 6.23. The number of carbonyl (C=O) groups excluding carboxylic acids is 1. The van der Waals surface area contributed by atoms with E-state index in [1.54, 1.807) is 0 Å². The number of fused-ring (bicyclic) bond motifs is 1. The Bertz CT molecular complexity index is 575. The van der Waals surface area contributed by atoms with Crippen molar-refractivity contribution in [3.8, 4) is 5.75 Å². The molecule has 0 amide bonds. The number of nitrogens with one attached hydrogen (secondary N) is 1. The van der Waals surface area contributed by atoms with Gasteiger partial charge in [-0.1, -0.05) is 37.5 Å². The Morgan fingerprint density at radius 2 is 2.04 bits per heavy atom. The summed E-state index contributed by atoms with van der Waals surface area (Å²) in [6, 6.07) is 8.19. The van der Waals surface area contributed by atoms with Gasteiger partial charge in [-0.15, -0.1) is 0 Å². The summed E-state index contributed by atoms with van der Waals surface area (Å²) in [5, 5.41) is 3.30. The van der Waals surface area contributed by atoms with Gasteiger partial charge in [0.05, 0.1) is 19.8 Å². The van der Waals surface area contributed by atoms with E-state index in [-0.39, 0.29) is 12.0 Å². The molecular formula is C19H29N3O3. The first-order valence-electron chi connectivity index (χ1n) is 9.05. The molecule has 0 bridgehead atoms. The first-order valence-corrected chi connectivity index (χ1v) is 9.05. The van der Waals surface area contributed by atoms with Gasteiger partial charge in [0.1, 0.15) is 5.75 Å². The number of methoxy groups -OCH3 is 1. The maximum atomic E-state index is 11.0. The average molecular weight is 347 g/mol. The van der Waals surface area contributed by atoms with Crippen LogP contribution in [0.5, 0.6) is 5.75 Å². The van der Waals surface area contributed by atoms with Gasteiger partial charge >= 0.3 is 5.97 Å². The highest BCUT2D eigenvalue weighted by atomic mass is 16.5. The minimum absolute atomic E-state index is 0.127. The van der Waals surface area contributed by atoms with Crippen LogP contribution in [-0.2, 0) is 9.53 Å². The number of unbranched alkanes of at least 4 members (excludes halogenated alkanes) is 4. The van der Waals surface area contributed by atoms with Gasteiger partial charge in [0.2, 0.25) is 0 Å². The van der Waals surface area contributed by atoms with Crippen LogP contribution in [0.3, 0.4) is 0 Å². The molecule has 6 nitrogen and oxygen atoms in total. The number of nitrogens with two attached hydrogens (primary N) is 1. The molecule has 25 heavy (non-hydrogen) atoms. The molecule has 0 aliphatic carbocycles. The number of ether oxygens (including phenoxy) is 2. The molecule has 1 unspecified atom stereocenters. The number of hydrogen-bond acceptors (Lipinski definition) is 4. The standard InChI is InChI=1S/C19H29N3O3/c1-24-18(23)11-5-3-2-4-8-13-21-19(20)22-16-12-14-25-17-10-7-6-9-15(16)17/h6-7,9-10,16H,2-5,8,11-14H2,1H3,(H3,20,21,22). The van der Waals surface area contributed by atoms with E-state index in [0.717, 1.165) is 56.4 Å². The fourth-order valence-electron chi connectivity index (χ4n) is 2.93. The lowest BCUT2D eigenvalue weighted by Gasteiger charge is -2.26. The van der Waals surface area contributed by atoms with Gasteiger partial charge in [-0.05, 0) is 18.9 Å². The molecule has 0 saturated heterocycles. The normalized spacial score (nSPS) is 16.7. The van der Waals surface area contributed by atoms with Crippen molar-refractivity contribution in [2.45, 2.75) is 51.0 Å². The third kappa shape index (κ3) is 6.64. The number of benzene rings is 1. The van der Waals surface area contributed by atoms with Crippen LogP contribution in [0.2, 0.25) is 0 Å². The smallest absolute Gasteiger partial charge is 0.305 e. The molecule has 1 atom stereocenters. The summed E-state index contributed by atoms with van der Waals surface area (Å²) in [5.74, 6) is 1.29. The molecule has 1 aliphatic rings. The molecule has 1 heterocycles. The van der Waals surface area contributed by atoms with Crippen LogP contribution in [0.15, 0.2) is 29.3 Å². The number of nitrogens with zero attached hydrogens (tertiary/aromatic N) is 1. The van der Waals surface area contributed by atoms with Gasteiger partial charge in [-0.2, -0.15) is 0 Å². The van der Waals surface area contributed by atoms with Gasteiger partial charge in [0.25, 0.3) is 0 Å². The molecular weight excluding hydrogens is 318 g/mol. The van der Waals surface area contributed by atoms with E-state index < -0.39 is 0 Å². The molecule has 0 aromatic heterocycles. The summed E-state index contributed by atoms with van der Waals surface area (Å²) in [5.41, 5.74) is 7.16. The van der Waals surface area contributed by atoms with Crippen LogP contribution in [-0.4, -0.2) is 32.2 Å². The second-order valence-corrected chi connectivity index (χ2v) is 6.23. The third-order valence-electron chi connectivity index (χ3n) is 4.33. The van der Waals surface area contributed by atoms with E-state index in [2.05, 4.69) is 21.1 Å². The largest absolute Gasteiger partial charge is 0.493 e. The summed E-state index contributed by atoms with van der Waals surface area (Å²) in [6.45, 7) is 1.41. The van der Waals surface area contributed by atoms with Crippen LogP contribution >= 0.6 is 0 Å². The number of esters is 1. The Morgan fingerprint density at radius 3 is 2.88 bits per heavy atom. The minimum atomic E-state index is -0.127. The van der Waals surface area contributed by atoms with Crippen LogP contribution in [0.25, 0.3) is 0 Å². The fourth-order valence-corrected chi connectivity index (χ4v) is 2.93. The Hall–Kier alpha value is -2.24. The number of rotatable bonds is 9. The van der Waals surface area contributed by atoms with E-state index in [1.165, 1.54) is 7.11 Å². The van der Waals surface area contributed by atoms with Crippen molar-refractivity contribution in [1.29, 1.82) is 0 Å². The Kier molecular flexibility index (Phi) is 8.09. The Balaban J connectivity index is 1.62. The quantitative estimate of drug-likeness (QED) is 0.310. The van der Waals surface area contributed by atoms with Crippen molar-refractivity contribution in [1.82, 2.24) is 5.32 Å². The van der Waals surface area contributed by atoms with Gasteiger partial charge in [-0.25, -0.2) is 0 Å². The summed E-state index contributed by atoms with van der Waals surface area (Å²) in [6.07, 6.45) is 6.54. The monoisotopic (exact) mass is 347 g/mol. The van der Waals surface area contributed by atoms with Crippen molar-refractivity contribution in [3.05, 3.63) is 29.8 Å². The zero-order valence-electron chi connectivity index (χ0n) is 15.0. The summed E-state index contributed by atoms with van der Waals surface area (Å²) < 4.78 is 10.3. The van der Waals surface area contributed by atoms with Crippen LogP contribution < -0.4 is 15.8 Å². The topological polar surface area (TPSA) is 85.9 Å². The molecule has 138 valence electrons. The number of guanidine groups is 1. The van der Waals surface area contributed by atoms with Gasteiger partial charge < -0.3 is 20.5 Å². The maximum Gasteiger partial charge on any atom is 0.305 e. The highest BCUT2D eigenvalue weighted by molar-refractivity contribution is 5.78. The highest BCUT2D eigenvalue weighted by Gasteiger charge is 2.21. The van der Waals surface area contributed by atoms with Gasteiger partial charge in [0.15, 0.2) is 5.96 Å². The first-order chi connectivity index (χ1) is 12.2. The molecule has 1 aliphatic heterocycles. The molecule has 1 aromatic rings. The van der Waals surface area contributed by atoms with E-state index in [1.807, 2.05) is 18.2 Å². The second kappa shape index (κ2) is 10.6. The lowest BCUT2D eigenvalue weighted by molar-refractivity contribution is -0.140. The summed E-state index contributed by atoms with van der Waals surface area (Å²) in [7, 11) is 1.43. The average Bonchev–Trinajstić information content (AvgIpc) is 2.64. The molecule has 3 N–H and O–H groups in total. The van der Waals surface area contributed by atoms with Gasteiger partial charge in [0, 0.05) is 24.9 Å². The van der Waals surface area contributed by atoms with Crippen molar-refractivity contribution < 1.29 is 14.3 Å². The Labute approximate surface area is 149 Å². The maximum absolute atomic E-state index is 11.0. The first kappa shape index (κ1) is 19.1. The van der Waals surface area contributed by atoms with Crippen LogP contribution in [0, 0.1) is 0 Å². The number of para-hydroxylation sites is 1. The zero-order chi connectivity index (χ0) is 17.9. The van der Waals surface area contributed by atoms with Crippen LogP contribution in [0.4, 0.5) is 0 Å². The zero-order valence-corrected chi connectivity index (χ0v) is 15.0. The fraction of sp³-hybridized carbons (Fsp3) is 0.579. The SMILES string of the molecule is COC(=O)CCCCCCCN=C(N)NC1CCOc2ccccc21. The molecule has 1 aromatic carbocycles. The van der Waals surface area contributed by atoms with Crippen molar-refractivity contribution >= 4 is 11.9 Å². The molecule has 0 radical (unpaired) electrons. The lowest BCUT2D eigenvalue weighted by Crippen LogP contribution is -2.37. The van der Waals surface area contributed by atoms with E-state index in [9.17, 15) is 4.79 Å². The van der Waals surface area contributed by atoms with E-state index >= 15 is 0 Å². The predicted octanol–water partition coefficient (Wildman–Crippen LogP) is 2.93. The molecule has 6 heteroatoms. The Morgan fingerprint density at radius 1 is 1.28 bits per heavy atom. The highest BCUT2D eigenvalue weighted by Crippen LogP contribution is 2.31. The van der Waals surface area contributed by atoms with Crippen LogP contribution in [0.1, 0.15) is 56.6 Å². The molecule has 2 rings (SSSR count). The molecule has 0 spiro atoms. The molecule has 0 saturated carbocycles. The third-order valence-corrected chi connectivity index (χ3v) is 4.33. The van der Waals surface area contributed by atoms with Gasteiger partial charge in [-0.3, -0.25) is 9.79 Å². The minimum Gasteiger partial charge on any atom is -0.493 e. The van der Waals surface area contributed by atoms with E-state index in [0.29, 0.717) is 19.0 Å². The van der Waals surface area contributed by atoms with Crippen molar-refractivity contribution in [3.63, 3.8) is 0 Å². The lowest BCUT2D eigenvalue weighted by atomic mass is 10.0.